The predicted molar refractivity (Wildman–Crippen MR) is 320 cm³/mol. The molecular weight excluding hydrogens is 1100 g/mol. The normalized spacial score (nSPS) is 17.2. The van der Waals surface area contributed by atoms with Crippen molar-refractivity contribution in [2.75, 3.05) is 112 Å². The van der Waals surface area contributed by atoms with Gasteiger partial charge in [0.25, 0.3) is 12.4 Å². The van der Waals surface area contributed by atoms with Gasteiger partial charge in [-0.2, -0.15) is 5.10 Å². The molecule has 25 heteroatoms. The van der Waals surface area contributed by atoms with Crippen molar-refractivity contribution in [3.63, 3.8) is 0 Å². The number of unbranched alkanes of at least 4 members (excludes halogenated alkanes) is 1. The molecule has 4 aromatic heterocycles. The van der Waals surface area contributed by atoms with Gasteiger partial charge in [0.2, 0.25) is 5.91 Å². The molecule has 2 amide bonds. The number of ether oxygens (including phenoxy) is 8. The zero-order valence-corrected chi connectivity index (χ0v) is 50.8. The molecule has 0 aromatic carbocycles. The molecule has 1 aliphatic carbocycles. The minimum Gasteiger partial charge on any atom is -0.464 e. The lowest BCUT2D eigenvalue weighted by atomic mass is 9.83. The topological polar surface area (TPSA) is 330 Å². The molecule has 0 radical (unpaired) electrons. The lowest BCUT2D eigenvalue weighted by Crippen LogP contribution is -2.41. The molecule has 0 aliphatic heterocycles. The summed E-state index contributed by atoms with van der Waals surface area (Å²) < 4.78 is 46.4. The maximum absolute atomic E-state index is 12.6. The maximum Gasteiger partial charge on any atom is 0.293 e. The molecule has 0 bridgehead atoms. The summed E-state index contributed by atoms with van der Waals surface area (Å²) in [5.41, 5.74) is 10.2. The van der Waals surface area contributed by atoms with Gasteiger partial charge < -0.3 is 79.4 Å². The molecule has 4 heterocycles. The fourth-order valence-electron chi connectivity index (χ4n) is 10.2. The van der Waals surface area contributed by atoms with Crippen molar-refractivity contribution in [3.8, 4) is 11.3 Å². The quantitative estimate of drug-likeness (QED) is 0.00996. The number of aliphatic hydroxyl groups is 3. The molecule has 0 unspecified atom stereocenters. The molecule has 25 nitrogen and oxygen atoms in total. The second-order valence-electron chi connectivity index (χ2n) is 22.1. The molecule has 476 valence electrons. The molecule has 0 spiro atoms. The van der Waals surface area contributed by atoms with Crippen molar-refractivity contribution in [1.29, 1.82) is 0 Å². The molecule has 8 N–H and O–H groups in total. The first-order valence-corrected chi connectivity index (χ1v) is 30.1. The molecule has 6 atom stereocenters. The van der Waals surface area contributed by atoms with Gasteiger partial charge in [0, 0.05) is 74.8 Å². The SMILES string of the molecule is CO[C@@H](/C(=N/OCC(=O)NCCOCCOCCOCCOCCOCCOCCC(=O)NCCCCn1nc(-c2cnc3[nH]ccc3c2)c2c(N)ncnc21)[C@H](C)CC(C)C)[C@H](O)/C(C)=C/[C@@H](C)[C@H](O)C[C@@H](CCC1CCC(O)CC1)OC=O. The van der Waals surface area contributed by atoms with Crippen LogP contribution in [0.4, 0.5) is 5.82 Å². The van der Waals surface area contributed by atoms with Gasteiger partial charge in [0.1, 0.15) is 41.8 Å². The van der Waals surface area contributed by atoms with E-state index in [1.165, 1.54) is 13.4 Å². The summed E-state index contributed by atoms with van der Waals surface area (Å²) in [5.74, 6) is 0.116. The van der Waals surface area contributed by atoms with Crippen LogP contribution in [0.15, 0.2) is 47.7 Å². The largest absolute Gasteiger partial charge is 0.464 e. The summed E-state index contributed by atoms with van der Waals surface area (Å²) >= 11 is 0. The van der Waals surface area contributed by atoms with E-state index in [2.05, 4.69) is 49.6 Å². The van der Waals surface area contributed by atoms with Crippen LogP contribution >= 0.6 is 0 Å². The number of fused-ring (bicyclic) bond motifs is 2. The highest BCUT2D eigenvalue weighted by Crippen LogP contribution is 2.32. The summed E-state index contributed by atoms with van der Waals surface area (Å²) in [6.45, 7) is 15.6. The summed E-state index contributed by atoms with van der Waals surface area (Å²) in [6.07, 6.45) is 11.0. The molecule has 1 fully saturated rings. The fourth-order valence-corrected chi connectivity index (χ4v) is 10.2. The Morgan fingerprint density at radius 1 is 0.847 bits per heavy atom. The number of rotatable bonds is 46. The zero-order valence-electron chi connectivity index (χ0n) is 50.8. The molecular formula is C60H96N10O15. The van der Waals surface area contributed by atoms with Gasteiger partial charge in [0.15, 0.2) is 12.3 Å². The first-order chi connectivity index (χ1) is 41.2. The third-order valence-electron chi connectivity index (χ3n) is 14.8. The van der Waals surface area contributed by atoms with Gasteiger partial charge in [-0.05, 0) is 94.3 Å². The van der Waals surface area contributed by atoms with E-state index < -0.39 is 30.3 Å². The van der Waals surface area contributed by atoms with E-state index in [1.807, 2.05) is 36.9 Å². The van der Waals surface area contributed by atoms with Gasteiger partial charge in [-0.3, -0.25) is 14.4 Å². The van der Waals surface area contributed by atoms with Crippen LogP contribution in [0.25, 0.3) is 33.3 Å². The number of aryl methyl sites for hydroxylation is 1. The Kier molecular flexibility index (Phi) is 32.8. The summed E-state index contributed by atoms with van der Waals surface area (Å²) in [4.78, 5) is 58.0. The third kappa shape index (κ3) is 25.6. The monoisotopic (exact) mass is 1200 g/mol. The van der Waals surface area contributed by atoms with Crippen molar-refractivity contribution < 1.29 is 72.4 Å². The number of nitrogen functional groups attached to an aromatic ring is 1. The molecule has 0 saturated heterocycles. The van der Waals surface area contributed by atoms with E-state index in [1.54, 1.807) is 19.2 Å². The van der Waals surface area contributed by atoms with Gasteiger partial charge in [-0.25, -0.2) is 19.6 Å². The van der Waals surface area contributed by atoms with Crippen LogP contribution in [0, 0.1) is 23.7 Å². The van der Waals surface area contributed by atoms with Gasteiger partial charge in [0.05, 0.1) is 103 Å². The van der Waals surface area contributed by atoms with Gasteiger partial charge in [-0.1, -0.05) is 38.9 Å². The highest BCUT2D eigenvalue weighted by atomic mass is 16.6. The molecule has 5 rings (SSSR count). The number of methoxy groups -OCH3 is 1. The van der Waals surface area contributed by atoms with E-state index in [0.29, 0.717) is 144 Å². The number of oxime groups is 1. The number of nitrogens with two attached hydrogens (primary N) is 1. The van der Waals surface area contributed by atoms with Crippen molar-refractivity contribution in [2.45, 2.75) is 142 Å². The summed E-state index contributed by atoms with van der Waals surface area (Å²) in [7, 11) is 1.48. The number of aromatic amines is 1. The number of amides is 2. The maximum atomic E-state index is 12.6. The molecule has 4 aromatic rings. The summed E-state index contributed by atoms with van der Waals surface area (Å²) in [5, 5.41) is 49.1. The van der Waals surface area contributed by atoms with Crippen LogP contribution in [0.5, 0.6) is 0 Å². The molecule has 85 heavy (non-hydrogen) atoms. The van der Waals surface area contributed by atoms with Crippen molar-refractivity contribution in [3.05, 3.63) is 42.5 Å². The van der Waals surface area contributed by atoms with E-state index >= 15 is 0 Å². The van der Waals surface area contributed by atoms with E-state index in [-0.39, 0.29) is 56.4 Å². The smallest absolute Gasteiger partial charge is 0.293 e. The third-order valence-corrected chi connectivity index (χ3v) is 14.8. The lowest BCUT2D eigenvalue weighted by Gasteiger charge is -2.29. The Morgan fingerprint density at radius 2 is 1.49 bits per heavy atom. The number of H-pyrrole nitrogens is 1. The number of anilines is 1. The molecule has 1 saturated carbocycles. The summed E-state index contributed by atoms with van der Waals surface area (Å²) in [6, 6.07) is 3.96. The van der Waals surface area contributed by atoms with E-state index in [0.717, 1.165) is 68.0 Å². The van der Waals surface area contributed by atoms with Crippen LogP contribution in [0.3, 0.4) is 0 Å². The van der Waals surface area contributed by atoms with E-state index in [4.69, 9.17) is 53.6 Å². The van der Waals surface area contributed by atoms with Crippen LogP contribution in [-0.4, -0.2) is 206 Å². The number of aromatic nitrogens is 6. The Labute approximate surface area is 499 Å². The number of nitrogens with zero attached hydrogens (tertiary/aromatic N) is 6. The Hall–Kier alpha value is -5.74. The Balaban J connectivity index is 0.816. The average Bonchev–Trinajstić information content (AvgIpc) is 2.28. The fraction of sp³-hybridized carbons (Fsp3) is 0.700. The van der Waals surface area contributed by atoms with Crippen LogP contribution in [0.1, 0.15) is 105 Å². The number of hydrogen-bond acceptors (Lipinski definition) is 21. The second-order valence-corrected chi connectivity index (χ2v) is 22.1. The van der Waals surface area contributed by atoms with Crippen LogP contribution < -0.4 is 16.4 Å². The Bertz CT molecular complexity index is 2590. The van der Waals surface area contributed by atoms with Gasteiger partial charge >= 0.3 is 0 Å². The minimum absolute atomic E-state index is 0.0791. The number of carbonyl (C=O) groups excluding carboxylic acids is 3. The highest BCUT2D eigenvalue weighted by molar-refractivity contribution is 5.99. The highest BCUT2D eigenvalue weighted by Gasteiger charge is 2.32. The van der Waals surface area contributed by atoms with Gasteiger partial charge in [-0.15, -0.1) is 0 Å². The minimum atomic E-state index is -1.13. The van der Waals surface area contributed by atoms with Crippen LogP contribution in [0.2, 0.25) is 0 Å². The first-order valence-electron chi connectivity index (χ1n) is 30.1. The standard InChI is InChI=1S/C60H96N10O15/c1-41(2)33-43(4)54(57(77-6)56(76)44(5)34-42(3)50(73)36-49(84-40-71)14-11-45-9-12-48(72)13-10-45)69-85-38-52(75)63-19-22-79-24-26-81-28-30-83-32-31-82-29-27-80-25-23-78-21-16-51(74)62-17-7-8-20-70-60-53(58(61)66-39-67-60)55(68-70)47-35-46-15-18-64-59(46)65-37-47/h15,18,34-35,37,39-43,45,48-50,56-57,72-73,76H,7-14,16-17,19-33,36,38H2,1-6H3,(H,62,74)(H,63,75)(H,64,65)(H2,61,66,67)/b44-34+,69-54+/t42-,43-,45?,48?,49-,50-,56-,57+/m1/s1. The van der Waals surface area contributed by atoms with Crippen molar-refractivity contribution in [2.24, 2.45) is 28.8 Å². The first kappa shape index (κ1) is 70.0. The number of hydrogen-bond donors (Lipinski definition) is 7. The molecule has 1 aliphatic rings. The predicted octanol–water partition coefficient (Wildman–Crippen LogP) is 5.09. The number of nitrogens with one attached hydrogen (secondary N) is 3. The lowest BCUT2D eigenvalue weighted by molar-refractivity contribution is -0.135. The number of aliphatic hydroxyl groups excluding tert-OH is 3. The number of pyridine rings is 1. The zero-order chi connectivity index (χ0) is 61.2. The van der Waals surface area contributed by atoms with Crippen molar-refractivity contribution in [1.82, 2.24) is 40.3 Å². The number of carbonyl (C=O) groups is 3. The van der Waals surface area contributed by atoms with E-state index in [9.17, 15) is 29.7 Å². The average molecular weight is 1200 g/mol. The van der Waals surface area contributed by atoms with Crippen LogP contribution in [-0.2, 0) is 63.7 Å². The Morgan fingerprint density at radius 3 is 2.14 bits per heavy atom. The second kappa shape index (κ2) is 39.9. The van der Waals surface area contributed by atoms with Crippen molar-refractivity contribution >= 4 is 51.9 Å².